The van der Waals surface area contributed by atoms with Crippen LogP contribution in [0.5, 0.6) is 0 Å². The number of aryl methyl sites for hydroxylation is 1. The van der Waals surface area contributed by atoms with E-state index in [4.69, 9.17) is 5.73 Å². The second-order valence-corrected chi connectivity index (χ2v) is 8.11. The van der Waals surface area contributed by atoms with E-state index < -0.39 is 16.1 Å². The standard InChI is InChI=1S/C15H25N3O3S/c1-11-5-7-12(8-6-11)22(20,21)18-10-9-17-14(19)13(16)15(2,3)4/h5-8,13,18H,9-10,16H2,1-4H3,(H,17,19)/t13-/m1/s1. The van der Waals surface area contributed by atoms with Gasteiger partial charge in [0.2, 0.25) is 15.9 Å². The zero-order chi connectivity index (χ0) is 17.0. The van der Waals surface area contributed by atoms with Gasteiger partial charge < -0.3 is 11.1 Å². The Morgan fingerprint density at radius 3 is 2.23 bits per heavy atom. The van der Waals surface area contributed by atoms with Crippen LogP contribution in [0.15, 0.2) is 29.2 Å². The molecule has 6 nitrogen and oxygen atoms in total. The van der Waals surface area contributed by atoms with Gasteiger partial charge >= 0.3 is 0 Å². The molecule has 4 N–H and O–H groups in total. The van der Waals surface area contributed by atoms with Gasteiger partial charge in [0, 0.05) is 13.1 Å². The van der Waals surface area contributed by atoms with E-state index in [9.17, 15) is 13.2 Å². The number of carbonyl (C=O) groups excluding carboxylic acids is 1. The maximum Gasteiger partial charge on any atom is 0.240 e. The molecule has 0 aliphatic carbocycles. The van der Waals surface area contributed by atoms with Gasteiger partial charge in [-0.25, -0.2) is 13.1 Å². The summed E-state index contributed by atoms with van der Waals surface area (Å²) < 4.78 is 26.5. The minimum absolute atomic E-state index is 0.110. The van der Waals surface area contributed by atoms with Crippen LogP contribution in [0.4, 0.5) is 0 Å². The van der Waals surface area contributed by atoms with Crippen LogP contribution in [0.2, 0.25) is 0 Å². The lowest BCUT2D eigenvalue weighted by Gasteiger charge is -2.25. The molecule has 0 saturated carbocycles. The van der Waals surface area contributed by atoms with Crippen molar-refractivity contribution < 1.29 is 13.2 Å². The molecular weight excluding hydrogens is 302 g/mol. The van der Waals surface area contributed by atoms with Gasteiger partial charge in [-0.05, 0) is 24.5 Å². The van der Waals surface area contributed by atoms with Crippen molar-refractivity contribution in [2.75, 3.05) is 13.1 Å². The zero-order valence-corrected chi connectivity index (χ0v) is 14.3. The van der Waals surface area contributed by atoms with E-state index in [1.54, 1.807) is 24.3 Å². The summed E-state index contributed by atoms with van der Waals surface area (Å²) >= 11 is 0. The fourth-order valence-corrected chi connectivity index (χ4v) is 2.71. The first-order chi connectivity index (χ1) is 10.0. The van der Waals surface area contributed by atoms with E-state index in [0.717, 1.165) is 5.56 Å². The number of nitrogens with one attached hydrogen (secondary N) is 2. The van der Waals surface area contributed by atoms with Crippen molar-refractivity contribution in [1.29, 1.82) is 0 Å². The number of carbonyl (C=O) groups is 1. The van der Waals surface area contributed by atoms with Crippen LogP contribution < -0.4 is 15.8 Å². The predicted octanol–water partition coefficient (Wildman–Crippen LogP) is 0.763. The van der Waals surface area contributed by atoms with Gasteiger partial charge in [0.05, 0.1) is 10.9 Å². The molecule has 0 aliphatic rings. The van der Waals surface area contributed by atoms with Gasteiger partial charge in [-0.3, -0.25) is 4.79 Å². The highest BCUT2D eigenvalue weighted by Crippen LogP contribution is 2.17. The minimum atomic E-state index is -3.56. The molecule has 0 radical (unpaired) electrons. The van der Waals surface area contributed by atoms with Crippen molar-refractivity contribution >= 4 is 15.9 Å². The van der Waals surface area contributed by atoms with Crippen molar-refractivity contribution in [3.8, 4) is 0 Å². The highest BCUT2D eigenvalue weighted by atomic mass is 32.2. The molecule has 0 unspecified atom stereocenters. The quantitative estimate of drug-likeness (QED) is 0.672. The lowest BCUT2D eigenvalue weighted by molar-refractivity contribution is -0.124. The van der Waals surface area contributed by atoms with E-state index in [0.29, 0.717) is 0 Å². The van der Waals surface area contributed by atoms with Crippen molar-refractivity contribution in [2.24, 2.45) is 11.1 Å². The number of nitrogens with two attached hydrogens (primary N) is 1. The summed E-state index contributed by atoms with van der Waals surface area (Å²) in [5.74, 6) is -0.290. The molecule has 1 aromatic carbocycles. The Morgan fingerprint density at radius 2 is 1.73 bits per heavy atom. The Balaban J connectivity index is 2.47. The third kappa shape index (κ3) is 5.40. The van der Waals surface area contributed by atoms with Crippen molar-refractivity contribution in [3.05, 3.63) is 29.8 Å². The van der Waals surface area contributed by atoms with E-state index in [2.05, 4.69) is 10.0 Å². The molecule has 0 bridgehead atoms. The molecule has 0 aromatic heterocycles. The molecular formula is C15H25N3O3S. The molecule has 0 fully saturated rings. The lowest BCUT2D eigenvalue weighted by atomic mass is 9.87. The third-order valence-corrected chi connectivity index (χ3v) is 4.74. The van der Waals surface area contributed by atoms with E-state index >= 15 is 0 Å². The molecule has 1 atom stereocenters. The first kappa shape index (κ1) is 18.6. The van der Waals surface area contributed by atoms with Crippen molar-refractivity contribution in [3.63, 3.8) is 0 Å². The van der Waals surface area contributed by atoms with Gasteiger partial charge in [-0.2, -0.15) is 0 Å². The summed E-state index contributed by atoms with van der Waals surface area (Å²) in [4.78, 5) is 12.0. The van der Waals surface area contributed by atoms with Gasteiger partial charge in [0.15, 0.2) is 0 Å². The van der Waals surface area contributed by atoms with Crippen LogP contribution >= 0.6 is 0 Å². The smallest absolute Gasteiger partial charge is 0.240 e. The molecule has 1 rings (SSSR count). The van der Waals surface area contributed by atoms with Crippen LogP contribution in [-0.2, 0) is 14.8 Å². The molecule has 1 amide bonds. The van der Waals surface area contributed by atoms with Crippen LogP contribution in [0, 0.1) is 12.3 Å². The monoisotopic (exact) mass is 327 g/mol. The predicted molar refractivity (Wildman–Crippen MR) is 86.8 cm³/mol. The number of hydrogen-bond donors (Lipinski definition) is 3. The molecule has 1 aromatic rings. The molecule has 0 saturated heterocycles. The van der Waals surface area contributed by atoms with Crippen LogP contribution in [0.1, 0.15) is 26.3 Å². The topological polar surface area (TPSA) is 101 Å². The Bertz CT molecular complexity index is 604. The Labute approximate surface area is 132 Å². The number of rotatable bonds is 6. The largest absolute Gasteiger partial charge is 0.353 e. The van der Waals surface area contributed by atoms with Crippen LogP contribution in [0.25, 0.3) is 0 Å². The van der Waals surface area contributed by atoms with E-state index in [-0.39, 0.29) is 29.3 Å². The molecule has 22 heavy (non-hydrogen) atoms. The van der Waals surface area contributed by atoms with E-state index in [1.165, 1.54) is 0 Å². The van der Waals surface area contributed by atoms with Crippen LogP contribution in [0.3, 0.4) is 0 Å². The van der Waals surface area contributed by atoms with Crippen molar-refractivity contribution in [1.82, 2.24) is 10.0 Å². The highest BCUT2D eigenvalue weighted by molar-refractivity contribution is 7.89. The lowest BCUT2D eigenvalue weighted by Crippen LogP contribution is -2.49. The Kier molecular flexibility index (Phi) is 6.10. The van der Waals surface area contributed by atoms with E-state index in [1.807, 2.05) is 27.7 Å². The average Bonchev–Trinajstić information content (AvgIpc) is 2.42. The summed E-state index contributed by atoms with van der Waals surface area (Å²) in [6, 6.07) is 5.93. The second-order valence-electron chi connectivity index (χ2n) is 6.35. The molecule has 0 heterocycles. The van der Waals surface area contributed by atoms with Gasteiger partial charge in [0.1, 0.15) is 0 Å². The molecule has 7 heteroatoms. The van der Waals surface area contributed by atoms with Gasteiger partial charge in [0.25, 0.3) is 0 Å². The summed E-state index contributed by atoms with van der Waals surface area (Å²) in [7, 11) is -3.56. The highest BCUT2D eigenvalue weighted by Gasteiger charge is 2.27. The zero-order valence-electron chi connectivity index (χ0n) is 13.5. The Morgan fingerprint density at radius 1 is 1.18 bits per heavy atom. The number of benzene rings is 1. The second kappa shape index (κ2) is 7.21. The first-order valence-electron chi connectivity index (χ1n) is 7.13. The maximum absolute atomic E-state index is 12.0. The number of hydrogen-bond acceptors (Lipinski definition) is 4. The summed E-state index contributed by atoms with van der Waals surface area (Å²) in [6.45, 7) is 7.80. The molecule has 124 valence electrons. The molecule has 0 aliphatic heterocycles. The summed E-state index contributed by atoms with van der Waals surface area (Å²) in [5, 5.41) is 2.63. The first-order valence-corrected chi connectivity index (χ1v) is 8.62. The number of amides is 1. The minimum Gasteiger partial charge on any atom is -0.353 e. The van der Waals surface area contributed by atoms with Crippen LogP contribution in [-0.4, -0.2) is 33.5 Å². The number of sulfonamides is 1. The normalized spacial score (nSPS) is 13.7. The maximum atomic E-state index is 12.0. The fourth-order valence-electron chi connectivity index (χ4n) is 1.68. The SMILES string of the molecule is Cc1ccc(S(=O)(=O)NCCNC(=O)[C@@H](N)C(C)(C)C)cc1. The fraction of sp³-hybridized carbons (Fsp3) is 0.533. The third-order valence-electron chi connectivity index (χ3n) is 3.26. The van der Waals surface area contributed by atoms with Crippen molar-refractivity contribution in [2.45, 2.75) is 38.6 Å². The molecule has 0 spiro atoms. The Hall–Kier alpha value is -1.44. The summed E-state index contributed by atoms with van der Waals surface area (Å²) in [5.41, 5.74) is 6.46. The van der Waals surface area contributed by atoms with Gasteiger partial charge in [-0.15, -0.1) is 0 Å². The average molecular weight is 327 g/mol. The summed E-state index contributed by atoms with van der Waals surface area (Å²) in [6.07, 6.45) is 0. The van der Waals surface area contributed by atoms with Gasteiger partial charge in [-0.1, -0.05) is 38.5 Å².